The lowest BCUT2D eigenvalue weighted by molar-refractivity contribution is 0.201. The third kappa shape index (κ3) is 2.31. The van der Waals surface area contributed by atoms with E-state index in [2.05, 4.69) is 34.9 Å². The van der Waals surface area contributed by atoms with E-state index in [1.165, 1.54) is 5.56 Å². The molecule has 0 radical (unpaired) electrons. The summed E-state index contributed by atoms with van der Waals surface area (Å²) in [5, 5.41) is 3.44. The van der Waals surface area contributed by atoms with Gasteiger partial charge in [0.2, 0.25) is 0 Å². The number of nitrogens with one attached hydrogen (secondary N) is 1. The van der Waals surface area contributed by atoms with E-state index in [9.17, 15) is 0 Å². The summed E-state index contributed by atoms with van der Waals surface area (Å²) in [6.07, 6.45) is 4.63. The molecule has 1 saturated heterocycles. The number of pyridine rings is 1. The Kier molecular flexibility index (Phi) is 3.70. The molecule has 1 atom stereocenters. The van der Waals surface area contributed by atoms with Gasteiger partial charge in [-0.05, 0) is 18.7 Å². The molecule has 0 aliphatic carbocycles. The van der Waals surface area contributed by atoms with Crippen LogP contribution < -0.4 is 5.32 Å². The zero-order valence-electron chi connectivity index (χ0n) is 9.82. The molecule has 0 spiro atoms. The number of piperazine rings is 1. The molecule has 86 valence electrons. The van der Waals surface area contributed by atoms with Crippen molar-refractivity contribution in [3.05, 3.63) is 42.2 Å². The summed E-state index contributed by atoms with van der Waals surface area (Å²) in [7, 11) is 2.18. The van der Waals surface area contributed by atoms with Crippen LogP contribution in [0, 0.1) is 0 Å². The molecule has 2 heterocycles. The van der Waals surface area contributed by atoms with Gasteiger partial charge in [-0.1, -0.05) is 12.1 Å². The molecule has 3 nitrogen and oxygen atoms in total. The van der Waals surface area contributed by atoms with Crippen LogP contribution in [0.15, 0.2) is 31.0 Å². The highest BCUT2D eigenvalue weighted by atomic mass is 15.2. The zero-order valence-corrected chi connectivity index (χ0v) is 9.82. The molecule has 16 heavy (non-hydrogen) atoms. The third-order valence-corrected chi connectivity index (χ3v) is 3.13. The van der Waals surface area contributed by atoms with Crippen molar-refractivity contribution in [1.29, 1.82) is 0 Å². The Hall–Kier alpha value is -1.19. The van der Waals surface area contributed by atoms with Crippen molar-refractivity contribution in [2.24, 2.45) is 0 Å². The van der Waals surface area contributed by atoms with E-state index in [4.69, 9.17) is 0 Å². The maximum atomic E-state index is 4.45. The molecule has 1 unspecified atom stereocenters. The summed E-state index contributed by atoms with van der Waals surface area (Å²) in [5.74, 6) is 0. The smallest absolute Gasteiger partial charge is 0.0489 e. The van der Waals surface area contributed by atoms with Crippen molar-refractivity contribution in [3.63, 3.8) is 0 Å². The molecule has 1 aromatic rings. The Morgan fingerprint density at radius 3 is 3.31 bits per heavy atom. The Morgan fingerprint density at radius 1 is 1.69 bits per heavy atom. The van der Waals surface area contributed by atoms with E-state index < -0.39 is 0 Å². The third-order valence-electron chi connectivity index (χ3n) is 3.13. The van der Waals surface area contributed by atoms with E-state index >= 15 is 0 Å². The summed E-state index contributed by atoms with van der Waals surface area (Å²) >= 11 is 0. The van der Waals surface area contributed by atoms with Crippen molar-refractivity contribution >= 4 is 0 Å². The molecule has 1 aliphatic rings. The molecule has 0 aromatic carbocycles. The molecule has 1 aliphatic heterocycles. The lowest BCUT2D eigenvalue weighted by Gasteiger charge is -2.34. The van der Waals surface area contributed by atoms with Crippen molar-refractivity contribution in [1.82, 2.24) is 15.2 Å². The van der Waals surface area contributed by atoms with Gasteiger partial charge in [-0.15, -0.1) is 6.58 Å². The van der Waals surface area contributed by atoms with E-state index in [-0.39, 0.29) is 0 Å². The first kappa shape index (κ1) is 11.3. The molecule has 2 rings (SSSR count). The predicted octanol–water partition coefficient (Wildman–Crippen LogP) is 1.39. The Bertz CT molecular complexity index is 362. The van der Waals surface area contributed by atoms with Crippen molar-refractivity contribution in [2.75, 3.05) is 26.7 Å². The zero-order chi connectivity index (χ0) is 11.4. The number of likely N-dealkylation sites (N-methyl/N-ethyl adjacent to an activating group) is 1. The van der Waals surface area contributed by atoms with Crippen LogP contribution in [0.3, 0.4) is 0 Å². The molecular weight excluding hydrogens is 198 g/mol. The summed E-state index contributed by atoms with van der Waals surface area (Å²) in [6, 6.07) is 4.64. The van der Waals surface area contributed by atoms with E-state index in [1.54, 1.807) is 0 Å². The largest absolute Gasteiger partial charge is 0.314 e. The second-order valence-electron chi connectivity index (χ2n) is 4.23. The lowest BCUT2D eigenvalue weighted by Crippen LogP contribution is -2.44. The predicted molar refractivity (Wildman–Crippen MR) is 66.4 cm³/mol. The standard InChI is InChI=1S/C13H19N3/c1-3-5-12-11(6-4-7-15-12)13-10-14-8-9-16(13)2/h3-4,6-7,13-14H,1,5,8-10H2,2H3. The minimum Gasteiger partial charge on any atom is -0.314 e. The van der Waals surface area contributed by atoms with Crippen LogP contribution in [0.25, 0.3) is 0 Å². The Balaban J connectivity index is 2.26. The topological polar surface area (TPSA) is 28.2 Å². The second kappa shape index (κ2) is 5.23. The number of aromatic nitrogens is 1. The molecule has 0 amide bonds. The number of hydrogen-bond acceptors (Lipinski definition) is 3. The van der Waals surface area contributed by atoms with Crippen LogP contribution in [0.1, 0.15) is 17.3 Å². The van der Waals surface area contributed by atoms with E-state index in [1.807, 2.05) is 18.3 Å². The van der Waals surface area contributed by atoms with Gasteiger partial charge in [-0.3, -0.25) is 9.88 Å². The summed E-state index contributed by atoms with van der Waals surface area (Å²) in [6.45, 7) is 6.96. The molecule has 1 N–H and O–H groups in total. The first-order chi connectivity index (χ1) is 7.83. The van der Waals surface area contributed by atoms with Crippen LogP contribution in [-0.2, 0) is 6.42 Å². The van der Waals surface area contributed by atoms with Gasteiger partial charge in [0.05, 0.1) is 0 Å². The first-order valence-electron chi connectivity index (χ1n) is 5.78. The maximum Gasteiger partial charge on any atom is 0.0489 e. The summed E-state index contributed by atoms with van der Waals surface area (Å²) < 4.78 is 0. The van der Waals surface area contributed by atoms with Crippen molar-refractivity contribution < 1.29 is 0 Å². The second-order valence-corrected chi connectivity index (χ2v) is 4.23. The van der Waals surface area contributed by atoms with Crippen LogP contribution in [0.2, 0.25) is 0 Å². The van der Waals surface area contributed by atoms with E-state index in [0.29, 0.717) is 6.04 Å². The van der Waals surface area contributed by atoms with Gasteiger partial charge in [0.15, 0.2) is 0 Å². The van der Waals surface area contributed by atoms with Gasteiger partial charge in [-0.2, -0.15) is 0 Å². The summed E-state index contributed by atoms with van der Waals surface area (Å²) in [5.41, 5.74) is 2.48. The quantitative estimate of drug-likeness (QED) is 0.775. The minimum absolute atomic E-state index is 0.442. The van der Waals surface area contributed by atoms with Gasteiger partial charge in [-0.25, -0.2) is 0 Å². The number of allylic oxidation sites excluding steroid dienone is 1. The number of rotatable bonds is 3. The van der Waals surface area contributed by atoms with Gasteiger partial charge in [0.1, 0.15) is 0 Å². The molecule has 3 heteroatoms. The van der Waals surface area contributed by atoms with Gasteiger partial charge < -0.3 is 5.32 Å². The average Bonchev–Trinajstić information content (AvgIpc) is 2.31. The van der Waals surface area contributed by atoms with Crippen LogP contribution in [0.4, 0.5) is 0 Å². The maximum absolute atomic E-state index is 4.45. The minimum atomic E-state index is 0.442. The van der Waals surface area contributed by atoms with Crippen LogP contribution in [-0.4, -0.2) is 36.6 Å². The molecule has 0 bridgehead atoms. The molecular formula is C13H19N3. The normalized spacial score (nSPS) is 21.9. The van der Waals surface area contributed by atoms with Crippen LogP contribution in [0.5, 0.6) is 0 Å². The van der Waals surface area contributed by atoms with Crippen LogP contribution >= 0.6 is 0 Å². The lowest BCUT2D eigenvalue weighted by atomic mass is 10.0. The van der Waals surface area contributed by atoms with Crippen molar-refractivity contribution in [3.8, 4) is 0 Å². The monoisotopic (exact) mass is 217 g/mol. The number of hydrogen-bond donors (Lipinski definition) is 1. The van der Waals surface area contributed by atoms with Gasteiger partial charge >= 0.3 is 0 Å². The highest BCUT2D eigenvalue weighted by molar-refractivity contribution is 5.26. The fourth-order valence-electron chi connectivity index (χ4n) is 2.21. The van der Waals surface area contributed by atoms with Crippen molar-refractivity contribution in [2.45, 2.75) is 12.5 Å². The van der Waals surface area contributed by atoms with Gasteiger partial charge in [0.25, 0.3) is 0 Å². The Labute approximate surface area is 97.2 Å². The Morgan fingerprint density at radius 2 is 2.56 bits per heavy atom. The molecule has 1 aromatic heterocycles. The molecule has 1 fully saturated rings. The molecule has 0 saturated carbocycles. The first-order valence-corrected chi connectivity index (χ1v) is 5.78. The van der Waals surface area contributed by atoms with Gasteiger partial charge in [0, 0.05) is 44.0 Å². The average molecular weight is 217 g/mol. The number of nitrogens with zero attached hydrogens (tertiary/aromatic N) is 2. The van der Waals surface area contributed by atoms with E-state index in [0.717, 1.165) is 31.7 Å². The fraction of sp³-hybridized carbons (Fsp3) is 0.462. The summed E-state index contributed by atoms with van der Waals surface area (Å²) in [4.78, 5) is 6.84. The fourth-order valence-corrected chi connectivity index (χ4v) is 2.21. The highest BCUT2D eigenvalue weighted by Gasteiger charge is 2.22. The highest BCUT2D eigenvalue weighted by Crippen LogP contribution is 2.23. The SMILES string of the molecule is C=CCc1ncccc1C1CNCCN1C.